The van der Waals surface area contributed by atoms with Crippen LogP contribution in [0.25, 0.3) is 0 Å². The maximum absolute atomic E-state index is 11.4. The van der Waals surface area contributed by atoms with E-state index < -0.39 is 0 Å². The predicted octanol–water partition coefficient (Wildman–Crippen LogP) is 0.728. The highest BCUT2D eigenvalue weighted by Gasteiger charge is 2.58. The van der Waals surface area contributed by atoms with Crippen molar-refractivity contribution in [2.24, 2.45) is 11.3 Å². The lowest BCUT2D eigenvalue weighted by Crippen LogP contribution is -2.36. The van der Waals surface area contributed by atoms with E-state index in [4.69, 9.17) is 0 Å². The molecule has 4 nitrogen and oxygen atoms in total. The third-order valence-corrected chi connectivity index (χ3v) is 4.00. The fourth-order valence-electron chi connectivity index (χ4n) is 3.05. The molecule has 1 heterocycles. The number of hydrogen-bond acceptors (Lipinski definition) is 2. The summed E-state index contributed by atoms with van der Waals surface area (Å²) in [4.78, 5) is 24.1. The molecule has 0 aromatic carbocycles. The average molecular weight is 194 g/mol. The van der Waals surface area contributed by atoms with Crippen molar-refractivity contribution in [1.29, 1.82) is 0 Å². The molecular formula is C10H14N2O2. The molecule has 3 rings (SSSR count). The Morgan fingerprint density at radius 2 is 2.36 bits per heavy atom. The molecule has 1 N–H and O–H groups in total. The summed E-state index contributed by atoms with van der Waals surface area (Å²) in [5, 5.41) is 2.57. The number of carbonyl (C=O) groups is 2. The van der Waals surface area contributed by atoms with E-state index in [-0.39, 0.29) is 18.5 Å². The Kier molecular flexibility index (Phi) is 1.47. The summed E-state index contributed by atoms with van der Waals surface area (Å²) in [6.45, 7) is 0.863. The number of rotatable bonds is 2. The van der Waals surface area contributed by atoms with Crippen molar-refractivity contribution in [3.8, 4) is 0 Å². The van der Waals surface area contributed by atoms with Gasteiger partial charge in [0.05, 0.1) is 6.54 Å². The topological polar surface area (TPSA) is 49.4 Å². The van der Waals surface area contributed by atoms with Crippen LogP contribution in [0.3, 0.4) is 0 Å². The third kappa shape index (κ3) is 0.996. The molecule has 76 valence electrons. The van der Waals surface area contributed by atoms with E-state index in [0.717, 1.165) is 5.92 Å². The van der Waals surface area contributed by atoms with E-state index in [1.54, 1.807) is 0 Å². The van der Waals surface area contributed by atoms with Crippen molar-refractivity contribution in [3.63, 3.8) is 0 Å². The van der Waals surface area contributed by atoms with Crippen LogP contribution in [0.15, 0.2) is 0 Å². The van der Waals surface area contributed by atoms with Gasteiger partial charge in [0.25, 0.3) is 0 Å². The summed E-state index contributed by atoms with van der Waals surface area (Å²) >= 11 is 0. The first-order chi connectivity index (χ1) is 6.71. The van der Waals surface area contributed by atoms with Gasteiger partial charge in [0.2, 0.25) is 5.91 Å². The van der Waals surface area contributed by atoms with Gasteiger partial charge in [-0.15, -0.1) is 0 Å². The first kappa shape index (κ1) is 8.26. The molecule has 4 heteroatoms. The summed E-state index contributed by atoms with van der Waals surface area (Å²) in [6, 6.07) is -0.193. The highest BCUT2D eigenvalue weighted by molar-refractivity contribution is 6.02. The molecule has 0 bridgehead atoms. The van der Waals surface area contributed by atoms with E-state index in [0.29, 0.717) is 12.0 Å². The van der Waals surface area contributed by atoms with Crippen LogP contribution in [-0.4, -0.2) is 29.9 Å². The van der Waals surface area contributed by atoms with Gasteiger partial charge in [0.15, 0.2) is 0 Å². The second-order valence-electron chi connectivity index (χ2n) is 4.79. The molecule has 14 heavy (non-hydrogen) atoms. The van der Waals surface area contributed by atoms with Crippen LogP contribution in [0.1, 0.15) is 25.7 Å². The number of nitrogens with zero attached hydrogens (tertiary/aromatic N) is 1. The number of hydrogen-bond donors (Lipinski definition) is 1. The number of imide groups is 1. The molecule has 3 amide bonds. The maximum atomic E-state index is 11.4. The molecule has 0 unspecified atom stereocenters. The normalized spacial score (nSPS) is 40.0. The van der Waals surface area contributed by atoms with Crippen LogP contribution in [0.2, 0.25) is 0 Å². The fourth-order valence-corrected chi connectivity index (χ4v) is 3.05. The quantitative estimate of drug-likeness (QED) is 0.659. The van der Waals surface area contributed by atoms with Crippen LogP contribution in [0, 0.1) is 11.3 Å². The van der Waals surface area contributed by atoms with Gasteiger partial charge in [-0.2, -0.15) is 0 Å². The minimum atomic E-state index is -0.193. The minimum Gasteiger partial charge on any atom is -0.329 e. The molecule has 0 aromatic heterocycles. The van der Waals surface area contributed by atoms with Gasteiger partial charge in [-0.1, -0.05) is 6.42 Å². The Balaban J connectivity index is 1.72. The zero-order valence-corrected chi connectivity index (χ0v) is 8.08. The SMILES string of the molecule is O=C1CNC(=O)N1C[C@@]12CCC[C@@H]1C2. The fraction of sp³-hybridized carbons (Fsp3) is 0.800. The van der Waals surface area contributed by atoms with Gasteiger partial charge in [0.1, 0.15) is 0 Å². The Morgan fingerprint density at radius 1 is 1.50 bits per heavy atom. The lowest BCUT2D eigenvalue weighted by molar-refractivity contribution is -0.125. The highest BCUT2D eigenvalue weighted by Crippen LogP contribution is 2.63. The smallest absolute Gasteiger partial charge is 0.324 e. The van der Waals surface area contributed by atoms with Crippen LogP contribution in [-0.2, 0) is 4.79 Å². The van der Waals surface area contributed by atoms with Crippen molar-refractivity contribution in [1.82, 2.24) is 10.2 Å². The summed E-state index contributed by atoms with van der Waals surface area (Å²) in [7, 11) is 0. The zero-order chi connectivity index (χ0) is 9.76. The molecule has 1 saturated heterocycles. The number of carbonyl (C=O) groups excluding carboxylic acids is 2. The predicted molar refractivity (Wildman–Crippen MR) is 49.5 cm³/mol. The molecule has 0 spiro atoms. The van der Waals surface area contributed by atoms with E-state index >= 15 is 0 Å². The highest BCUT2D eigenvalue weighted by atomic mass is 16.2. The standard InChI is InChI=1S/C10H14N2O2/c13-8-5-11-9(14)12(8)6-10-3-1-2-7(10)4-10/h7H,1-6H2,(H,11,14)/t7-,10+/m1/s1. The van der Waals surface area contributed by atoms with Crippen molar-refractivity contribution >= 4 is 11.9 Å². The number of urea groups is 1. The lowest BCUT2D eigenvalue weighted by Gasteiger charge is -2.18. The van der Waals surface area contributed by atoms with Crippen molar-refractivity contribution in [2.45, 2.75) is 25.7 Å². The van der Waals surface area contributed by atoms with E-state index in [1.165, 1.54) is 30.6 Å². The molecule has 2 saturated carbocycles. The van der Waals surface area contributed by atoms with Crippen LogP contribution >= 0.6 is 0 Å². The average Bonchev–Trinajstić information content (AvgIpc) is 2.57. The number of fused-ring (bicyclic) bond motifs is 1. The van der Waals surface area contributed by atoms with Crippen LogP contribution in [0.5, 0.6) is 0 Å². The van der Waals surface area contributed by atoms with Gasteiger partial charge >= 0.3 is 6.03 Å². The summed E-state index contributed by atoms with van der Waals surface area (Å²) in [5.74, 6) is 0.741. The Labute approximate surface area is 82.6 Å². The Bertz CT molecular complexity index is 299. The van der Waals surface area contributed by atoms with Gasteiger partial charge in [-0.25, -0.2) is 4.79 Å². The van der Waals surface area contributed by atoms with E-state index in [1.807, 2.05) is 0 Å². The third-order valence-electron chi connectivity index (χ3n) is 4.00. The molecule has 1 aliphatic heterocycles. The first-order valence-corrected chi connectivity index (χ1v) is 5.29. The van der Waals surface area contributed by atoms with Crippen LogP contribution < -0.4 is 5.32 Å². The van der Waals surface area contributed by atoms with Crippen molar-refractivity contribution in [2.75, 3.05) is 13.1 Å². The van der Waals surface area contributed by atoms with Crippen molar-refractivity contribution < 1.29 is 9.59 Å². The first-order valence-electron chi connectivity index (χ1n) is 5.29. The molecule has 2 aliphatic carbocycles. The number of nitrogens with one attached hydrogen (secondary N) is 1. The lowest BCUT2D eigenvalue weighted by atomic mass is 10.0. The van der Waals surface area contributed by atoms with Gasteiger partial charge < -0.3 is 5.32 Å². The monoisotopic (exact) mass is 194 g/mol. The number of amides is 3. The van der Waals surface area contributed by atoms with E-state index in [2.05, 4.69) is 5.32 Å². The molecular weight excluding hydrogens is 180 g/mol. The van der Waals surface area contributed by atoms with Crippen LogP contribution in [0.4, 0.5) is 4.79 Å². The van der Waals surface area contributed by atoms with Gasteiger partial charge in [-0.3, -0.25) is 9.69 Å². The largest absolute Gasteiger partial charge is 0.329 e. The van der Waals surface area contributed by atoms with Crippen molar-refractivity contribution in [3.05, 3.63) is 0 Å². The Hall–Kier alpha value is -1.06. The van der Waals surface area contributed by atoms with E-state index in [9.17, 15) is 9.59 Å². The summed E-state index contributed by atoms with van der Waals surface area (Å²) in [6.07, 6.45) is 5.00. The maximum Gasteiger partial charge on any atom is 0.324 e. The van der Waals surface area contributed by atoms with Gasteiger partial charge in [-0.05, 0) is 30.6 Å². The molecule has 0 radical (unpaired) electrons. The second-order valence-corrected chi connectivity index (χ2v) is 4.79. The molecule has 0 aromatic rings. The summed E-state index contributed by atoms with van der Waals surface area (Å²) in [5.41, 5.74) is 0.331. The molecule has 2 atom stereocenters. The molecule has 3 fully saturated rings. The zero-order valence-electron chi connectivity index (χ0n) is 8.08. The Morgan fingerprint density at radius 3 is 2.86 bits per heavy atom. The summed E-state index contributed by atoms with van der Waals surface area (Å²) < 4.78 is 0. The minimum absolute atomic E-state index is 0.0538. The molecule has 3 aliphatic rings. The van der Waals surface area contributed by atoms with Gasteiger partial charge in [0, 0.05) is 6.54 Å². The second kappa shape index (κ2) is 2.49.